The van der Waals surface area contributed by atoms with Crippen molar-refractivity contribution in [2.75, 3.05) is 0 Å². The van der Waals surface area contributed by atoms with Gasteiger partial charge in [-0.2, -0.15) is 6.42 Å². The third-order valence-electron chi connectivity index (χ3n) is 7.80. The van der Waals surface area contributed by atoms with Crippen molar-refractivity contribution < 1.29 is 42.3 Å². The summed E-state index contributed by atoms with van der Waals surface area (Å²) in [7, 11) is 0. The van der Waals surface area contributed by atoms with Crippen LogP contribution < -0.4 is 0 Å². The molecule has 0 spiro atoms. The summed E-state index contributed by atoms with van der Waals surface area (Å²) in [6, 6.07) is 20.6. The molecule has 2 aliphatic rings. The van der Waals surface area contributed by atoms with Crippen LogP contribution in [0.5, 0.6) is 0 Å². The zero-order valence-corrected chi connectivity index (χ0v) is 27.7. The zero-order valence-electron chi connectivity index (χ0n) is 24.9. The normalized spacial score (nSPS) is 18.8. The molecular formula is C34H51O2Y-. The number of Topliss-reactive ketones (excluding diaryl/α,β-unsaturated/α-hetero) is 2. The minimum absolute atomic E-state index is 0. The van der Waals surface area contributed by atoms with E-state index in [0.29, 0.717) is 11.6 Å². The molecule has 3 heteroatoms. The van der Waals surface area contributed by atoms with Gasteiger partial charge in [0.15, 0.2) is 0 Å². The predicted molar refractivity (Wildman–Crippen MR) is 155 cm³/mol. The molecule has 2 saturated carbocycles. The largest absolute Gasteiger partial charge is 0.333 e. The van der Waals surface area contributed by atoms with E-state index in [4.69, 9.17) is 0 Å². The first-order valence-corrected chi connectivity index (χ1v) is 14.3. The van der Waals surface area contributed by atoms with E-state index in [1.165, 1.54) is 11.1 Å². The smallest absolute Gasteiger partial charge is 0.141 e. The van der Waals surface area contributed by atoms with E-state index in [1.807, 2.05) is 64.1 Å². The van der Waals surface area contributed by atoms with Gasteiger partial charge in [-0.25, -0.2) is 0 Å². The van der Waals surface area contributed by atoms with Crippen molar-refractivity contribution in [2.45, 2.75) is 107 Å². The molecule has 0 aromatic heterocycles. The molecule has 2 aliphatic carbocycles. The van der Waals surface area contributed by atoms with Crippen LogP contribution in [0, 0.1) is 22.7 Å². The Hall–Kier alpha value is -1.25. The van der Waals surface area contributed by atoms with Crippen molar-refractivity contribution in [3.8, 4) is 0 Å². The van der Waals surface area contributed by atoms with Gasteiger partial charge in [-0.15, -0.1) is 6.42 Å². The van der Waals surface area contributed by atoms with Gasteiger partial charge >= 0.3 is 0 Å². The molecule has 0 amide bonds. The number of carbonyl (C=O) groups is 2. The van der Waals surface area contributed by atoms with Crippen LogP contribution in [0.25, 0.3) is 0 Å². The number of rotatable bonds is 6. The van der Waals surface area contributed by atoms with Gasteiger partial charge in [-0.1, -0.05) is 128 Å². The van der Waals surface area contributed by atoms with E-state index in [-0.39, 0.29) is 49.5 Å². The van der Waals surface area contributed by atoms with Crippen LogP contribution in [0.2, 0.25) is 0 Å². The number of hydrogen-bond donors (Lipinski definition) is 0. The fraction of sp³-hybridized carbons (Fsp3) is 0.559. The van der Waals surface area contributed by atoms with Gasteiger partial charge in [0.1, 0.15) is 5.78 Å². The molecule has 0 saturated heterocycles. The van der Waals surface area contributed by atoms with E-state index in [9.17, 15) is 9.59 Å². The molecular weight excluding hydrogens is 529 g/mol. The fourth-order valence-electron chi connectivity index (χ4n) is 5.36. The first-order chi connectivity index (χ1) is 17.3. The maximum absolute atomic E-state index is 12.5. The van der Waals surface area contributed by atoms with E-state index < -0.39 is 0 Å². The molecule has 203 valence electrons. The second-order valence-corrected chi connectivity index (χ2v) is 10.3. The first-order valence-electron chi connectivity index (χ1n) is 14.3. The number of hydrogen-bond acceptors (Lipinski definition) is 2. The molecule has 2 aromatic carbocycles. The third-order valence-corrected chi connectivity index (χ3v) is 7.80. The molecule has 0 bridgehead atoms. The van der Waals surface area contributed by atoms with E-state index in [0.717, 1.165) is 57.3 Å². The number of ketones is 2. The van der Waals surface area contributed by atoms with Crippen LogP contribution in [0.4, 0.5) is 0 Å². The summed E-state index contributed by atoms with van der Waals surface area (Å²) in [5.41, 5.74) is 2.43. The van der Waals surface area contributed by atoms with Crippen LogP contribution in [0.15, 0.2) is 60.7 Å². The van der Waals surface area contributed by atoms with Crippen LogP contribution in [-0.4, -0.2) is 11.6 Å². The van der Waals surface area contributed by atoms with Gasteiger partial charge in [0.2, 0.25) is 0 Å². The molecule has 0 heterocycles. The predicted octanol–water partition coefficient (Wildman–Crippen LogP) is 9.26. The van der Waals surface area contributed by atoms with Crippen molar-refractivity contribution >= 4 is 11.6 Å². The molecule has 2 nitrogen and oxygen atoms in total. The molecule has 37 heavy (non-hydrogen) atoms. The average Bonchev–Trinajstić information content (AvgIpc) is 3.38. The molecule has 1 atom stereocenters. The summed E-state index contributed by atoms with van der Waals surface area (Å²) in [4.78, 5) is 24.5. The van der Waals surface area contributed by atoms with Crippen molar-refractivity contribution in [1.82, 2.24) is 0 Å². The van der Waals surface area contributed by atoms with Gasteiger partial charge in [0.25, 0.3) is 0 Å². The summed E-state index contributed by atoms with van der Waals surface area (Å²) in [5, 5.41) is 0. The Balaban J connectivity index is 0.000000606. The molecule has 4 rings (SSSR count). The summed E-state index contributed by atoms with van der Waals surface area (Å²) in [5.74, 6) is 2.28. The van der Waals surface area contributed by atoms with Crippen LogP contribution in [-0.2, 0) is 55.1 Å². The van der Waals surface area contributed by atoms with Gasteiger partial charge in [0, 0.05) is 49.8 Å². The molecule has 0 N–H and O–H groups in total. The Morgan fingerprint density at radius 3 is 1.68 bits per heavy atom. The first kappa shape index (κ1) is 35.8. The zero-order chi connectivity index (χ0) is 27.2. The number of benzene rings is 2. The summed E-state index contributed by atoms with van der Waals surface area (Å²) in [6.07, 6.45) is 7.90. The third kappa shape index (κ3) is 10.1. The van der Waals surface area contributed by atoms with Crippen molar-refractivity contribution in [2.24, 2.45) is 16.7 Å². The second-order valence-electron chi connectivity index (χ2n) is 10.3. The molecule has 0 aliphatic heterocycles. The second kappa shape index (κ2) is 18.1. The van der Waals surface area contributed by atoms with Crippen LogP contribution in [0.1, 0.15) is 105 Å². The summed E-state index contributed by atoms with van der Waals surface area (Å²) < 4.78 is 0. The minimum atomic E-state index is -0.0839. The van der Waals surface area contributed by atoms with Crippen molar-refractivity contribution in [3.05, 3.63) is 77.7 Å². The Bertz CT molecular complexity index is 885. The molecule has 2 fully saturated rings. The molecule has 1 unspecified atom stereocenters. The summed E-state index contributed by atoms with van der Waals surface area (Å²) in [6.45, 7) is 16.4. The SMILES string of the molecule is CC.CC.CC1(C)CCC(Cc2ccccc2)C1=O.CCC1(CC)CC[C-](Cc2ccccc2)C1=O.[Y]. The molecule has 1 radical (unpaired) electrons. The average molecular weight is 581 g/mol. The Morgan fingerprint density at radius 1 is 0.784 bits per heavy atom. The van der Waals surface area contributed by atoms with Crippen LogP contribution >= 0.6 is 0 Å². The van der Waals surface area contributed by atoms with Crippen LogP contribution in [0.3, 0.4) is 0 Å². The maximum Gasteiger partial charge on any atom is 0.141 e. The van der Waals surface area contributed by atoms with E-state index in [2.05, 4.69) is 52.0 Å². The monoisotopic (exact) mass is 580 g/mol. The van der Waals surface area contributed by atoms with Gasteiger partial charge in [-0.3, -0.25) is 4.79 Å². The fourth-order valence-corrected chi connectivity index (χ4v) is 5.36. The van der Waals surface area contributed by atoms with Gasteiger partial charge < -0.3 is 10.7 Å². The van der Waals surface area contributed by atoms with Gasteiger partial charge in [0.05, 0.1) is 0 Å². The Kier molecular flexibility index (Phi) is 17.5. The standard InChI is InChI=1S/C16H21O.C14H18O.2C2H6.Y/c1-3-16(4-2)11-10-14(15(16)17)12-13-8-6-5-7-9-13;1-14(2)9-8-12(13(14)15)10-11-6-4-3-5-7-11;2*1-2;/h5-9H,3-4,10-12H2,1-2H3;3-7,12H,8-10H2,1-2H3;2*1-2H3;/q-1;;;;. The topological polar surface area (TPSA) is 34.1 Å². The maximum atomic E-state index is 12.5. The van der Waals surface area contributed by atoms with E-state index in [1.54, 1.807) is 0 Å². The minimum Gasteiger partial charge on any atom is -0.333 e. The Labute approximate surface area is 253 Å². The van der Waals surface area contributed by atoms with Crippen molar-refractivity contribution in [1.29, 1.82) is 0 Å². The van der Waals surface area contributed by atoms with Gasteiger partial charge in [-0.05, 0) is 43.1 Å². The van der Waals surface area contributed by atoms with Crippen molar-refractivity contribution in [3.63, 3.8) is 0 Å². The Morgan fingerprint density at radius 2 is 1.27 bits per heavy atom. The van der Waals surface area contributed by atoms with E-state index >= 15 is 0 Å². The summed E-state index contributed by atoms with van der Waals surface area (Å²) >= 11 is 0. The molecule has 2 aromatic rings. The number of carbonyl (C=O) groups excluding carboxylic acids is 2. The quantitative estimate of drug-likeness (QED) is 0.319.